The van der Waals surface area contributed by atoms with Gasteiger partial charge in [0.1, 0.15) is 58.4 Å². The molecule has 0 saturated carbocycles. The second-order valence-corrected chi connectivity index (χ2v) is 16.6. The van der Waals surface area contributed by atoms with Crippen molar-refractivity contribution < 1.29 is 96.2 Å². The lowest BCUT2D eigenvalue weighted by molar-refractivity contribution is 0.378. The molecular formula is C34H15BF20O2S2. The Labute approximate surface area is 320 Å². The van der Waals surface area contributed by atoms with Gasteiger partial charge in [-0.05, 0) is 23.0 Å². The third kappa shape index (κ3) is 7.59. The van der Waals surface area contributed by atoms with E-state index in [9.17, 15) is 61.1 Å². The van der Waals surface area contributed by atoms with Crippen molar-refractivity contribution in [3.8, 4) is 0 Å². The number of halogens is 20. The lowest BCUT2D eigenvalue weighted by Gasteiger charge is -2.44. The van der Waals surface area contributed by atoms with Gasteiger partial charge in [-0.15, -0.1) is 21.9 Å². The van der Waals surface area contributed by atoms with E-state index < -0.39 is 154 Å². The van der Waals surface area contributed by atoms with E-state index in [1.165, 1.54) is 11.8 Å². The SMILES string of the molecule is C[S+](C)Cc1ccc(S(C)(=O)=O)cc1.Fc1c(F)c(F)c([B-](c2c(F)c(F)c(F)c(F)c2F)(c2c(F)c(F)c(F)c(F)c2F)c2c(F)c(F)c(F)c(F)c2F)c(F)c1F. The zero-order valence-corrected chi connectivity index (χ0v) is 30.4. The molecule has 0 fully saturated rings. The van der Waals surface area contributed by atoms with Crippen molar-refractivity contribution >= 4 is 48.7 Å². The number of rotatable bonds is 7. The smallest absolute Gasteiger partial charge is 0.200 e. The van der Waals surface area contributed by atoms with Crippen LogP contribution in [0.25, 0.3) is 0 Å². The van der Waals surface area contributed by atoms with E-state index in [4.69, 9.17) is 0 Å². The summed E-state index contributed by atoms with van der Waals surface area (Å²) in [7, 11) is -2.69. The molecule has 25 heteroatoms. The van der Waals surface area contributed by atoms with Crippen LogP contribution in [0.3, 0.4) is 0 Å². The van der Waals surface area contributed by atoms with Crippen LogP contribution < -0.4 is 21.9 Å². The summed E-state index contributed by atoms with van der Waals surface area (Å²) in [6.07, 6.45) is -1.65. The predicted octanol–water partition coefficient (Wildman–Crippen LogP) is 7.31. The maximum atomic E-state index is 15.4. The van der Waals surface area contributed by atoms with Gasteiger partial charge in [0.25, 0.3) is 0 Å². The predicted molar refractivity (Wildman–Crippen MR) is 172 cm³/mol. The van der Waals surface area contributed by atoms with Crippen molar-refractivity contribution in [1.82, 2.24) is 0 Å². The first-order chi connectivity index (χ1) is 27.1. The Hall–Kier alpha value is -4.94. The van der Waals surface area contributed by atoms with Crippen LogP contribution in [-0.2, 0) is 26.5 Å². The third-order valence-electron chi connectivity index (χ3n) is 8.51. The van der Waals surface area contributed by atoms with Crippen LogP contribution >= 0.6 is 0 Å². The first-order valence-corrected chi connectivity index (χ1v) is 19.3. The summed E-state index contributed by atoms with van der Waals surface area (Å²) in [5.41, 5.74) is -13.1. The van der Waals surface area contributed by atoms with Gasteiger partial charge in [0, 0.05) is 11.8 Å². The second-order valence-electron chi connectivity index (χ2n) is 12.3. The van der Waals surface area contributed by atoms with Gasteiger partial charge in [0.05, 0.1) is 17.4 Å². The third-order valence-corrected chi connectivity index (χ3v) is 10.6. The maximum Gasteiger partial charge on any atom is 0.200 e. The van der Waals surface area contributed by atoms with Crippen LogP contribution in [0.2, 0.25) is 0 Å². The summed E-state index contributed by atoms with van der Waals surface area (Å²) < 4.78 is 316. The molecule has 0 saturated heterocycles. The van der Waals surface area contributed by atoms with E-state index in [-0.39, 0.29) is 0 Å². The van der Waals surface area contributed by atoms with Gasteiger partial charge in [-0.3, -0.25) is 0 Å². The van der Waals surface area contributed by atoms with Crippen LogP contribution in [-0.4, -0.2) is 33.3 Å². The van der Waals surface area contributed by atoms with E-state index in [1.54, 1.807) is 12.1 Å². The highest BCUT2D eigenvalue weighted by atomic mass is 32.2. The molecule has 0 aliphatic heterocycles. The number of sulfone groups is 1. The highest BCUT2D eigenvalue weighted by Gasteiger charge is 2.52. The summed E-state index contributed by atoms with van der Waals surface area (Å²) >= 11 is 0. The fourth-order valence-corrected chi connectivity index (χ4v) is 7.53. The lowest BCUT2D eigenvalue weighted by atomic mass is 9.12. The molecule has 0 atom stereocenters. The minimum absolute atomic E-state index is 0.356. The van der Waals surface area contributed by atoms with E-state index >= 15 is 35.1 Å². The van der Waals surface area contributed by atoms with Gasteiger partial charge in [-0.25, -0.2) is 96.2 Å². The molecule has 318 valence electrons. The van der Waals surface area contributed by atoms with E-state index in [2.05, 4.69) is 12.5 Å². The zero-order valence-electron chi connectivity index (χ0n) is 28.8. The van der Waals surface area contributed by atoms with Gasteiger partial charge in [-0.1, -0.05) is 12.1 Å². The second kappa shape index (κ2) is 16.6. The van der Waals surface area contributed by atoms with Gasteiger partial charge in [0.2, 0.25) is 0 Å². The Bertz CT molecular complexity index is 2260. The quantitative estimate of drug-likeness (QED) is 0.0565. The minimum atomic E-state index is -7.22. The molecule has 5 aromatic carbocycles. The molecule has 5 rings (SSSR count). The van der Waals surface area contributed by atoms with Crippen molar-refractivity contribution in [2.24, 2.45) is 0 Å². The average molecular weight is 910 g/mol. The Morgan fingerprint density at radius 1 is 0.373 bits per heavy atom. The number of hydrogen-bond donors (Lipinski definition) is 0. The highest BCUT2D eigenvalue weighted by Crippen LogP contribution is 2.30. The van der Waals surface area contributed by atoms with Crippen molar-refractivity contribution in [3.63, 3.8) is 0 Å². The first-order valence-electron chi connectivity index (χ1n) is 15.2. The van der Waals surface area contributed by atoms with Crippen molar-refractivity contribution in [3.05, 3.63) is 146 Å². The minimum Gasteiger partial charge on any atom is -0.224 e. The van der Waals surface area contributed by atoms with Crippen LogP contribution in [0, 0.1) is 116 Å². The summed E-state index contributed by atoms with van der Waals surface area (Å²) in [5, 5.41) is 0. The molecule has 0 unspecified atom stereocenters. The van der Waals surface area contributed by atoms with Crippen molar-refractivity contribution in [2.75, 3.05) is 18.8 Å². The molecule has 0 heterocycles. The number of benzene rings is 5. The maximum absolute atomic E-state index is 15.4. The highest BCUT2D eigenvalue weighted by molar-refractivity contribution is 7.94. The normalized spacial score (nSPS) is 12.0. The topological polar surface area (TPSA) is 34.1 Å². The standard InChI is InChI=1S/C24BF20.C10H15O2S2/c26-5-1(6(27)14(35)21(42)13(5)34)25(2-7(28)15(36)22(43)16(37)8(2)29,3-9(30)17(38)23(44)18(39)10(3)31)4-11(32)19(40)24(45)20(41)12(4)33;1-13(2)8-9-4-6-10(7-5-9)14(3,11)12/h;4-7H,8H2,1-3H3/q-1;+1. The Balaban J connectivity index is 0.000000464. The molecule has 0 N–H and O–H groups in total. The summed E-state index contributed by atoms with van der Waals surface area (Å²) in [6.45, 7) is 0. The largest absolute Gasteiger partial charge is 0.224 e. The Morgan fingerprint density at radius 3 is 0.729 bits per heavy atom. The summed E-state index contributed by atoms with van der Waals surface area (Å²) in [5.74, 6) is -70.4. The van der Waals surface area contributed by atoms with Gasteiger partial charge in [-0.2, -0.15) is 0 Å². The lowest BCUT2D eigenvalue weighted by Crippen LogP contribution is -2.81. The van der Waals surface area contributed by atoms with E-state index in [0.29, 0.717) is 15.8 Å². The average Bonchev–Trinajstić information content (AvgIpc) is 3.17. The van der Waals surface area contributed by atoms with Crippen LogP contribution in [0.15, 0.2) is 29.2 Å². The Morgan fingerprint density at radius 2 is 0.559 bits per heavy atom. The first kappa shape index (κ1) is 46.8. The molecule has 59 heavy (non-hydrogen) atoms. The monoisotopic (exact) mass is 910 g/mol. The molecule has 0 amide bonds. The van der Waals surface area contributed by atoms with E-state index in [1.807, 2.05) is 12.1 Å². The summed E-state index contributed by atoms with van der Waals surface area (Å²) in [4.78, 5) is 0.397. The van der Waals surface area contributed by atoms with Gasteiger partial charge < -0.3 is 0 Å². The molecule has 0 aromatic heterocycles. The molecule has 2 nitrogen and oxygen atoms in total. The fourth-order valence-electron chi connectivity index (χ4n) is 6.04. The van der Waals surface area contributed by atoms with Crippen molar-refractivity contribution in [1.29, 1.82) is 0 Å². The molecule has 0 aliphatic carbocycles. The molecule has 0 radical (unpaired) electrons. The van der Waals surface area contributed by atoms with E-state index in [0.717, 1.165) is 5.75 Å². The van der Waals surface area contributed by atoms with Gasteiger partial charge in [0.15, 0.2) is 79.6 Å². The van der Waals surface area contributed by atoms with Crippen molar-refractivity contribution in [2.45, 2.75) is 10.6 Å². The van der Waals surface area contributed by atoms with Crippen LogP contribution in [0.1, 0.15) is 5.56 Å². The Kier molecular flexibility index (Phi) is 13.2. The zero-order chi connectivity index (χ0) is 45.1. The molecule has 5 aromatic rings. The van der Waals surface area contributed by atoms with Crippen LogP contribution in [0.4, 0.5) is 87.8 Å². The number of hydrogen-bond acceptors (Lipinski definition) is 2. The molecule has 0 bridgehead atoms. The fraction of sp³-hybridized carbons (Fsp3) is 0.118. The summed E-state index contributed by atoms with van der Waals surface area (Å²) in [6, 6.07) is 7.14. The molecular weight excluding hydrogens is 895 g/mol. The van der Waals surface area contributed by atoms with Gasteiger partial charge >= 0.3 is 0 Å². The molecule has 0 aliphatic rings. The molecule has 0 spiro atoms. The van der Waals surface area contributed by atoms with Crippen LogP contribution in [0.5, 0.6) is 0 Å².